The molecule has 1 aromatic heterocycles. The summed E-state index contributed by atoms with van der Waals surface area (Å²) in [5.41, 5.74) is 5.20. The summed E-state index contributed by atoms with van der Waals surface area (Å²) in [5, 5.41) is 3.05. The molecule has 20 heavy (non-hydrogen) atoms. The number of nitrogens with two attached hydrogens (primary N) is 1. The number of hydrogen-bond acceptors (Lipinski definition) is 4. The fourth-order valence-electron chi connectivity index (χ4n) is 2.75. The maximum atomic E-state index is 12.5. The molecule has 2 rings (SSSR count). The Hall–Kier alpha value is -0.910. The van der Waals surface area contributed by atoms with Gasteiger partial charge in [0.05, 0.1) is 4.88 Å². The van der Waals surface area contributed by atoms with Crippen molar-refractivity contribution in [2.75, 3.05) is 0 Å². The number of rotatable bonds is 3. The third-order valence-corrected chi connectivity index (χ3v) is 4.74. The molecule has 1 aliphatic carbocycles. The monoisotopic (exact) mass is 295 g/mol. The van der Waals surface area contributed by atoms with Crippen molar-refractivity contribution in [3.8, 4) is 0 Å². The molecule has 5 heteroatoms. The van der Waals surface area contributed by atoms with Crippen molar-refractivity contribution in [1.82, 2.24) is 10.7 Å². The van der Waals surface area contributed by atoms with Gasteiger partial charge in [0.15, 0.2) is 0 Å². The highest BCUT2D eigenvalue weighted by Gasteiger charge is 2.35. The molecule has 0 radical (unpaired) electrons. The Balaban J connectivity index is 2.34. The Morgan fingerprint density at radius 1 is 1.35 bits per heavy atom. The first-order valence-electron chi connectivity index (χ1n) is 7.02. The zero-order valence-electron chi connectivity index (χ0n) is 13.0. The van der Waals surface area contributed by atoms with Crippen molar-refractivity contribution >= 4 is 17.2 Å². The lowest BCUT2D eigenvalue weighted by Crippen LogP contribution is -2.40. The van der Waals surface area contributed by atoms with Crippen molar-refractivity contribution in [1.29, 1.82) is 0 Å². The average molecular weight is 295 g/mol. The zero-order chi connectivity index (χ0) is 15.1. The molecule has 1 aliphatic rings. The van der Waals surface area contributed by atoms with Crippen molar-refractivity contribution in [3.05, 3.63) is 20.9 Å². The molecule has 112 valence electrons. The third kappa shape index (κ3) is 3.22. The van der Waals surface area contributed by atoms with E-state index >= 15 is 0 Å². The second kappa shape index (κ2) is 5.13. The lowest BCUT2D eigenvalue weighted by molar-refractivity contribution is 0.0922. The molecule has 4 N–H and O–H groups in total. The Morgan fingerprint density at radius 2 is 2.00 bits per heavy atom. The number of hydrazine groups is 1. The molecule has 1 heterocycles. The highest BCUT2D eigenvalue weighted by atomic mass is 32.1. The molecular formula is C15H25N3OS. The molecule has 0 aromatic carbocycles. The van der Waals surface area contributed by atoms with Gasteiger partial charge in [0.25, 0.3) is 5.91 Å². The Labute approximate surface area is 125 Å². The van der Waals surface area contributed by atoms with Gasteiger partial charge in [-0.25, -0.2) is 0 Å². The van der Waals surface area contributed by atoms with E-state index in [1.807, 2.05) is 20.8 Å². The molecular weight excluding hydrogens is 270 g/mol. The molecule has 0 saturated heterocycles. The first-order valence-corrected chi connectivity index (χ1v) is 7.84. The lowest BCUT2D eigenvalue weighted by atomic mass is 9.90. The van der Waals surface area contributed by atoms with Gasteiger partial charge in [-0.05, 0) is 50.2 Å². The van der Waals surface area contributed by atoms with E-state index in [4.69, 9.17) is 5.84 Å². The molecule has 0 unspecified atom stereocenters. The predicted molar refractivity (Wildman–Crippen MR) is 83.8 cm³/mol. The summed E-state index contributed by atoms with van der Waals surface area (Å²) in [6.07, 6.45) is 2.08. The largest absolute Gasteiger partial charge is 0.347 e. The standard InChI is InChI=1S/C15H25N3OS/c1-14(2,3)18-13(19)12-10(8-17-16)9-6-15(4,5)7-11(9)20-12/h17H,6-8,16H2,1-5H3,(H,18,19). The zero-order valence-corrected chi connectivity index (χ0v) is 13.8. The first kappa shape index (κ1) is 15.5. The number of fused-ring (bicyclic) bond motifs is 1. The van der Waals surface area contributed by atoms with Crippen LogP contribution in [-0.4, -0.2) is 11.4 Å². The van der Waals surface area contributed by atoms with E-state index in [1.54, 1.807) is 11.3 Å². The summed E-state index contributed by atoms with van der Waals surface area (Å²) < 4.78 is 0. The number of nitrogens with one attached hydrogen (secondary N) is 2. The van der Waals surface area contributed by atoms with Crippen LogP contribution >= 0.6 is 11.3 Å². The minimum Gasteiger partial charge on any atom is -0.347 e. The highest BCUT2D eigenvalue weighted by molar-refractivity contribution is 7.14. The van der Waals surface area contributed by atoms with Gasteiger partial charge < -0.3 is 5.32 Å². The molecule has 0 aliphatic heterocycles. The molecule has 1 amide bonds. The van der Waals surface area contributed by atoms with Gasteiger partial charge in [-0.1, -0.05) is 13.8 Å². The maximum Gasteiger partial charge on any atom is 0.262 e. The number of carbonyl (C=O) groups is 1. The van der Waals surface area contributed by atoms with Gasteiger partial charge >= 0.3 is 0 Å². The summed E-state index contributed by atoms with van der Waals surface area (Å²) >= 11 is 1.63. The van der Waals surface area contributed by atoms with Crippen LogP contribution in [0, 0.1) is 5.41 Å². The van der Waals surface area contributed by atoms with E-state index in [0.717, 1.165) is 23.3 Å². The van der Waals surface area contributed by atoms with Crippen LogP contribution in [0.25, 0.3) is 0 Å². The first-order chi connectivity index (χ1) is 9.13. The minimum absolute atomic E-state index is 0.0138. The molecule has 1 aromatic rings. The van der Waals surface area contributed by atoms with E-state index in [9.17, 15) is 4.79 Å². The van der Waals surface area contributed by atoms with Gasteiger partial charge in [0.2, 0.25) is 0 Å². The van der Waals surface area contributed by atoms with Crippen molar-refractivity contribution < 1.29 is 4.79 Å². The van der Waals surface area contributed by atoms with Crippen molar-refractivity contribution in [2.24, 2.45) is 11.3 Å². The van der Waals surface area contributed by atoms with Crippen LogP contribution in [0.3, 0.4) is 0 Å². The van der Waals surface area contributed by atoms with E-state index < -0.39 is 0 Å². The summed E-state index contributed by atoms with van der Waals surface area (Å²) in [4.78, 5) is 14.6. The minimum atomic E-state index is -0.224. The molecule has 0 bridgehead atoms. The summed E-state index contributed by atoms with van der Waals surface area (Å²) in [6, 6.07) is 0. The maximum absolute atomic E-state index is 12.5. The second-order valence-electron chi connectivity index (χ2n) is 7.41. The normalized spacial score (nSPS) is 17.1. The van der Waals surface area contributed by atoms with E-state index in [2.05, 4.69) is 24.6 Å². The summed E-state index contributed by atoms with van der Waals surface area (Å²) in [7, 11) is 0. The van der Waals surface area contributed by atoms with Gasteiger partial charge in [-0.3, -0.25) is 16.1 Å². The molecule has 0 atom stereocenters. The van der Waals surface area contributed by atoms with Gasteiger partial charge in [0.1, 0.15) is 0 Å². The summed E-state index contributed by atoms with van der Waals surface area (Å²) in [5.74, 6) is 5.51. The van der Waals surface area contributed by atoms with Crippen LogP contribution in [0.2, 0.25) is 0 Å². The molecule has 0 spiro atoms. The molecule has 0 fully saturated rings. The quantitative estimate of drug-likeness (QED) is 0.592. The fraction of sp³-hybridized carbons (Fsp3) is 0.667. The predicted octanol–water partition coefficient (Wildman–Crippen LogP) is 2.36. The second-order valence-corrected chi connectivity index (χ2v) is 8.52. The van der Waals surface area contributed by atoms with Crippen molar-refractivity contribution in [3.63, 3.8) is 0 Å². The number of carbonyl (C=O) groups excluding carboxylic acids is 1. The van der Waals surface area contributed by atoms with Crippen LogP contribution in [0.4, 0.5) is 0 Å². The highest BCUT2D eigenvalue weighted by Crippen LogP contribution is 2.43. The van der Waals surface area contributed by atoms with E-state index in [0.29, 0.717) is 12.0 Å². The molecule has 0 saturated carbocycles. The van der Waals surface area contributed by atoms with Crippen LogP contribution < -0.4 is 16.6 Å². The van der Waals surface area contributed by atoms with E-state index in [1.165, 1.54) is 10.4 Å². The smallest absolute Gasteiger partial charge is 0.262 e. The summed E-state index contributed by atoms with van der Waals surface area (Å²) in [6.45, 7) is 11.1. The van der Waals surface area contributed by atoms with Crippen molar-refractivity contribution in [2.45, 2.75) is 59.5 Å². The Bertz CT molecular complexity index is 526. The lowest BCUT2D eigenvalue weighted by Gasteiger charge is -2.21. The van der Waals surface area contributed by atoms with Crippen LogP contribution in [0.15, 0.2) is 0 Å². The molecule has 4 nitrogen and oxygen atoms in total. The van der Waals surface area contributed by atoms with Gasteiger partial charge in [0, 0.05) is 17.0 Å². The number of amides is 1. The van der Waals surface area contributed by atoms with E-state index in [-0.39, 0.29) is 11.4 Å². The third-order valence-electron chi connectivity index (χ3n) is 3.47. The van der Waals surface area contributed by atoms with Crippen LogP contribution in [-0.2, 0) is 19.4 Å². The Kier molecular flexibility index (Phi) is 3.97. The van der Waals surface area contributed by atoms with Crippen LogP contribution in [0.1, 0.15) is 60.3 Å². The van der Waals surface area contributed by atoms with Gasteiger partial charge in [-0.15, -0.1) is 11.3 Å². The number of hydrogen-bond donors (Lipinski definition) is 3. The number of thiophene rings is 1. The topological polar surface area (TPSA) is 67.2 Å². The average Bonchev–Trinajstić information content (AvgIpc) is 2.70. The fourth-order valence-corrected chi connectivity index (χ4v) is 4.24. The Morgan fingerprint density at radius 3 is 2.55 bits per heavy atom. The van der Waals surface area contributed by atoms with Gasteiger partial charge in [-0.2, -0.15) is 0 Å². The SMILES string of the molecule is CC1(C)Cc2sc(C(=O)NC(C)(C)C)c(CNN)c2C1. The van der Waals surface area contributed by atoms with Crippen LogP contribution in [0.5, 0.6) is 0 Å².